The minimum atomic E-state index is 0.0147. The number of amides is 1. The van der Waals surface area contributed by atoms with E-state index in [1.165, 1.54) is 25.5 Å². The summed E-state index contributed by atoms with van der Waals surface area (Å²) in [5.41, 5.74) is 0.556. The molecule has 5 heteroatoms. The molecule has 21 heavy (non-hydrogen) atoms. The summed E-state index contributed by atoms with van der Waals surface area (Å²) < 4.78 is 0. The highest BCUT2D eigenvalue weighted by Crippen LogP contribution is 2.31. The second kappa shape index (κ2) is 5.85. The summed E-state index contributed by atoms with van der Waals surface area (Å²) >= 11 is 5.90. The van der Waals surface area contributed by atoms with E-state index in [0.29, 0.717) is 17.5 Å². The number of piperidine rings is 2. The van der Waals surface area contributed by atoms with Crippen molar-refractivity contribution in [1.82, 2.24) is 9.80 Å². The lowest BCUT2D eigenvalue weighted by Gasteiger charge is -2.46. The van der Waals surface area contributed by atoms with Gasteiger partial charge >= 0.3 is 0 Å². The van der Waals surface area contributed by atoms with Crippen molar-refractivity contribution >= 4 is 17.5 Å². The average Bonchev–Trinajstić information content (AvgIpc) is 2.49. The molecule has 1 aromatic rings. The number of fused-ring (bicyclic) bond motifs is 1. The van der Waals surface area contributed by atoms with Crippen molar-refractivity contribution in [1.29, 1.82) is 0 Å². The van der Waals surface area contributed by atoms with Gasteiger partial charge in [0.15, 0.2) is 0 Å². The normalized spacial score (nSPS) is 26.5. The van der Waals surface area contributed by atoms with Crippen molar-refractivity contribution < 1.29 is 9.90 Å². The highest BCUT2D eigenvalue weighted by Gasteiger charge is 2.35. The van der Waals surface area contributed by atoms with Crippen LogP contribution in [0.4, 0.5) is 0 Å². The molecule has 0 radical (unpaired) electrons. The van der Waals surface area contributed by atoms with Crippen LogP contribution in [0.1, 0.15) is 29.6 Å². The molecular weight excluding hydrogens is 288 g/mol. The maximum Gasteiger partial charge on any atom is 0.253 e. The van der Waals surface area contributed by atoms with E-state index >= 15 is 0 Å². The maximum atomic E-state index is 12.6. The standard InChI is InChI=1S/C16H21ClN2O2/c1-18-7-2-3-12-10-19(8-6-14(12)18)16(21)11-4-5-15(20)13(17)9-11/h4-5,9,12,14,20H,2-3,6-8,10H2,1H3. The molecule has 0 saturated carbocycles. The Kier molecular flexibility index (Phi) is 4.09. The molecular formula is C16H21ClN2O2. The summed E-state index contributed by atoms with van der Waals surface area (Å²) in [7, 11) is 2.19. The first-order valence-electron chi connectivity index (χ1n) is 7.54. The van der Waals surface area contributed by atoms with Crippen LogP contribution >= 0.6 is 11.6 Å². The van der Waals surface area contributed by atoms with Gasteiger partial charge in [0.1, 0.15) is 5.75 Å². The van der Waals surface area contributed by atoms with Gasteiger partial charge in [-0.15, -0.1) is 0 Å². The molecule has 2 heterocycles. The van der Waals surface area contributed by atoms with Crippen LogP contribution in [0.5, 0.6) is 5.75 Å². The Morgan fingerprint density at radius 1 is 1.33 bits per heavy atom. The van der Waals surface area contributed by atoms with Crippen LogP contribution in [-0.4, -0.2) is 53.5 Å². The molecule has 2 atom stereocenters. The van der Waals surface area contributed by atoms with E-state index in [4.69, 9.17) is 11.6 Å². The van der Waals surface area contributed by atoms with E-state index in [2.05, 4.69) is 11.9 Å². The molecule has 2 fully saturated rings. The first kappa shape index (κ1) is 14.7. The minimum Gasteiger partial charge on any atom is -0.506 e. The third-order valence-corrected chi connectivity index (χ3v) is 5.13. The zero-order chi connectivity index (χ0) is 15.0. The summed E-state index contributed by atoms with van der Waals surface area (Å²) in [6, 6.07) is 5.30. The van der Waals surface area contributed by atoms with Gasteiger partial charge in [-0.25, -0.2) is 0 Å². The molecule has 1 amide bonds. The Hall–Kier alpha value is -1.26. The SMILES string of the molecule is CN1CCCC2CN(C(=O)c3ccc(O)c(Cl)c3)CCC21. The molecule has 0 aliphatic carbocycles. The van der Waals surface area contributed by atoms with E-state index in [1.807, 2.05) is 4.90 Å². The van der Waals surface area contributed by atoms with E-state index in [-0.39, 0.29) is 16.7 Å². The number of hydrogen-bond donors (Lipinski definition) is 1. The first-order chi connectivity index (χ1) is 10.1. The second-order valence-electron chi connectivity index (χ2n) is 6.16. The van der Waals surface area contributed by atoms with Gasteiger partial charge in [-0.1, -0.05) is 11.6 Å². The lowest BCUT2D eigenvalue weighted by Crippen LogP contribution is -2.53. The molecule has 0 bridgehead atoms. The topological polar surface area (TPSA) is 43.8 Å². The monoisotopic (exact) mass is 308 g/mol. The summed E-state index contributed by atoms with van der Waals surface area (Å²) in [5.74, 6) is 0.610. The van der Waals surface area contributed by atoms with Crippen LogP contribution in [0.15, 0.2) is 18.2 Å². The van der Waals surface area contributed by atoms with Crippen LogP contribution in [0.3, 0.4) is 0 Å². The van der Waals surface area contributed by atoms with Crippen LogP contribution in [0.25, 0.3) is 0 Å². The number of benzene rings is 1. The fourth-order valence-electron chi connectivity index (χ4n) is 3.66. The van der Waals surface area contributed by atoms with Gasteiger partial charge in [-0.2, -0.15) is 0 Å². The largest absolute Gasteiger partial charge is 0.506 e. The molecule has 2 saturated heterocycles. The summed E-state index contributed by atoms with van der Waals surface area (Å²) in [6.07, 6.45) is 3.46. The predicted molar refractivity (Wildman–Crippen MR) is 82.8 cm³/mol. The quantitative estimate of drug-likeness (QED) is 0.867. The zero-order valence-electron chi connectivity index (χ0n) is 12.3. The predicted octanol–water partition coefficient (Wildman–Crippen LogP) is 2.60. The number of carbonyl (C=O) groups is 1. The van der Waals surface area contributed by atoms with Crippen molar-refractivity contribution in [3.8, 4) is 5.75 Å². The lowest BCUT2D eigenvalue weighted by atomic mass is 9.84. The van der Waals surface area contributed by atoms with Crippen molar-refractivity contribution in [3.63, 3.8) is 0 Å². The van der Waals surface area contributed by atoms with Gasteiger partial charge in [0.25, 0.3) is 5.91 Å². The van der Waals surface area contributed by atoms with E-state index in [1.54, 1.807) is 12.1 Å². The molecule has 2 aliphatic heterocycles. The number of carbonyl (C=O) groups excluding carboxylic acids is 1. The highest BCUT2D eigenvalue weighted by molar-refractivity contribution is 6.32. The maximum absolute atomic E-state index is 12.6. The van der Waals surface area contributed by atoms with Gasteiger partial charge in [-0.05, 0) is 57.0 Å². The van der Waals surface area contributed by atoms with Gasteiger partial charge < -0.3 is 14.9 Å². The molecule has 114 valence electrons. The smallest absolute Gasteiger partial charge is 0.253 e. The first-order valence-corrected chi connectivity index (χ1v) is 7.92. The Labute approximate surface area is 130 Å². The molecule has 2 unspecified atom stereocenters. The van der Waals surface area contributed by atoms with Gasteiger partial charge in [0, 0.05) is 24.7 Å². The number of hydrogen-bond acceptors (Lipinski definition) is 3. The Balaban J connectivity index is 1.72. The molecule has 4 nitrogen and oxygen atoms in total. The zero-order valence-corrected chi connectivity index (χ0v) is 13.0. The van der Waals surface area contributed by atoms with Crippen LogP contribution in [0.2, 0.25) is 5.02 Å². The van der Waals surface area contributed by atoms with E-state index < -0.39 is 0 Å². The third-order valence-electron chi connectivity index (χ3n) is 4.83. The fraction of sp³-hybridized carbons (Fsp3) is 0.562. The van der Waals surface area contributed by atoms with Crippen LogP contribution in [-0.2, 0) is 0 Å². The fourth-order valence-corrected chi connectivity index (χ4v) is 3.84. The summed E-state index contributed by atoms with van der Waals surface area (Å²) in [6.45, 7) is 2.79. The van der Waals surface area contributed by atoms with Crippen molar-refractivity contribution in [2.45, 2.75) is 25.3 Å². The Bertz CT molecular complexity index is 549. The number of nitrogens with zero attached hydrogens (tertiary/aromatic N) is 2. The summed E-state index contributed by atoms with van der Waals surface area (Å²) in [5, 5.41) is 9.69. The van der Waals surface area contributed by atoms with E-state index in [9.17, 15) is 9.90 Å². The number of aromatic hydroxyl groups is 1. The van der Waals surface area contributed by atoms with Crippen molar-refractivity contribution in [2.24, 2.45) is 5.92 Å². The molecule has 1 N–H and O–H groups in total. The van der Waals surface area contributed by atoms with E-state index in [0.717, 1.165) is 19.5 Å². The second-order valence-corrected chi connectivity index (χ2v) is 6.56. The molecule has 2 aliphatic rings. The molecule has 0 spiro atoms. The highest BCUT2D eigenvalue weighted by atomic mass is 35.5. The average molecular weight is 309 g/mol. The molecule has 3 rings (SSSR count). The van der Waals surface area contributed by atoms with Crippen molar-refractivity contribution in [2.75, 3.05) is 26.7 Å². The minimum absolute atomic E-state index is 0.0147. The van der Waals surface area contributed by atoms with Crippen LogP contribution < -0.4 is 0 Å². The number of likely N-dealkylation sites (tertiary alicyclic amines) is 2. The molecule has 0 aromatic heterocycles. The number of halogens is 1. The van der Waals surface area contributed by atoms with Gasteiger partial charge in [0.05, 0.1) is 5.02 Å². The van der Waals surface area contributed by atoms with Crippen molar-refractivity contribution in [3.05, 3.63) is 28.8 Å². The Morgan fingerprint density at radius 3 is 2.90 bits per heavy atom. The molecule has 1 aromatic carbocycles. The lowest BCUT2D eigenvalue weighted by molar-refractivity contribution is 0.0317. The van der Waals surface area contributed by atoms with Crippen LogP contribution in [0, 0.1) is 5.92 Å². The number of phenolic OH excluding ortho intramolecular Hbond substituents is 1. The number of rotatable bonds is 1. The summed E-state index contributed by atoms with van der Waals surface area (Å²) in [4.78, 5) is 17.0. The van der Waals surface area contributed by atoms with Gasteiger partial charge in [0.2, 0.25) is 0 Å². The number of phenols is 1. The third kappa shape index (κ3) is 2.87. The van der Waals surface area contributed by atoms with Gasteiger partial charge in [-0.3, -0.25) is 4.79 Å². The Morgan fingerprint density at radius 2 is 2.14 bits per heavy atom.